The Labute approximate surface area is 164 Å². The van der Waals surface area contributed by atoms with Gasteiger partial charge in [-0.1, -0.05) is 67.1 Å². The molecule has 150 valence electrons. The molecule has 0 saturated heterocycles. The molecule has 0 aliphatic carbocycles. The second kappa shape index (κ2) is 10.0. The van der Waals surface area contributed by atoms with E-state index in [2.05, 4.69) is 0 Å². The normalized spacial score (nSPS) is 14.4. The van der Waals surface area contributed by atoms with Crippen molar-refractivity contribution in [1.29, 1.82) is 0 Å². The largest absolute Gasteiger partial charge is 0.481 e. The van der Waals surface area contributed by atoms with Gasteiger partial charge < -0.3 is 21.1 Å². The first-order chi connectivity index (χ1) is 13.4. The molecule has 2 atom stereocenters. The Kier molecular flexibility index (Phi) is 7.72. The maximum atomic E-state index is 11.6. The summed E-state index contributed by atoms with van der Waals surface area (Å²) in [5.41, 5.74) is 6.03. The Balaban J connectivity index is 2.09. The zero-order chi connectivity index (χ0) is 20.6. The van der Waals surface area contributed by atoms with Gasteiger partial charge in [-0.15, -0.1) is 0 Å². The standard InChI is InChI=1S/C22H27NO5/c23-22(15-24,21(27)28)14-18(20(25)26)12-7-13-19(16-8-3-1-4-9-16)17-10-5-2-6-11-17/h1-6,8-11,18-19,24H,7,12-15,23H2,(H,25,26)(H,27,28)/t18-,22-/m1/s1. The molecule has 2 aromatic rings. The Bertz CT molecular complexity index is 726. The van der Waals surface area contributed by atoms with Crippen LogP contribution in [-0.4, -0.2) is 39.4 Å². The van der Waals surface area contributed by atoms with Crippen LogP contribution in [0.4, 0.5) is 0 Å². The summed E-state index contributed by atoms with van der Waals surface area (Å²) in [5.74, 6) is -3.30. The van der Waals surface area contributed by atoms with Gasteiger partial charge in [0.05, 0.1) is 12.5 Å². The van der Waals surface area contributed by atoms with Crippen LogP contribution in [0, 0.1) is 5.92 Å². The molecule has 0 spiro atoms. The summed E-state index contributed by atoms with van der Waals surface area (Å²) in [4.78, 5) is 22.9. The molecular weight excluding hydrogens is 358 g/mol. The lowest BCUT2D eigenvalue weighted by molar-refractivity contribution is -0.148. The maximum absolute atomic E-state index is 11.6. The minimum atomic E-state index is -1.94. The number of aliphatic hydroxyl groups is 1. The van der Waals surface area contributed by atoms with Gasteiger partial charge in [0.1, 0.15) is 5.54 Å². The molecule has 28 heavy (non-hydrogen) atoms. The van der Waals surface area contributed by atoms with Crippen molar-refractivity contribution in [2.45, 2.75) is 37.1 Å². The monoisotopic (exact) mass is 385 g/mol. The molecule has 6 heteroatoms. The van der Waals surface area contributed by atoms with Gasteiger partial charge in [-0.2, -0.15) is 0 Å². The van der Waals surface area contributed by atoms with E-state index in [1.165, 1.54) is 0 Å². The second-order valence-electron chi connectivity index (χ2n) is 7.16. The highest BCUT2D eigenvalue weighted by atomic mass is 16.4. The molecule has 2 rings (SSSR count). The summed E-state index contributed by atoms with van der Waals surface area (Å²) in [6.07, 6.45) is 1.29. The summed E-state index contributed by atoms with van der Waals surface area (Å²) >= 11 is 0. The van der Waals surface area contributed by atoms with Gasteiger partial charge in [-0.3, -0.25) is 9.59 Å². The van der Waals surface area contributed by atoms with Gasteiger partial charge in [-0.25, -0.2) is 0 Å². The molecular formula is C22H27NO5. The minimum absolute atomic E-state index is 0.122. The number of carboxylic acid groups (broad SMARTS) is 2. The fourth-order valence-electron chi connectivity index (χ4n) is 3.44. The van der Waals surface area contributed by atoms with E-state index in [0.717, 1.165) is 17.5 Å². The van der Waals surface area contributed by atoms with Crippen molar-refractivity contribution in [3.05, 3.63) is 71.8 Å². The first-order valence-electron chi connectivity index (χ1n) is 9.33. The molecule has 0 bridgehead atoms. The number of aliphatic hydroxyl groups excluding tert-OH is 1. The number of rotatable bonds is 11. The average molecular weight is 385 g/mol. The summed E-state index contributed by atoms with van der Waals surface area (Å²) in [7, 11) is 0. The van der Waals surface area contributed by atoms with Crippen molar-refractivity contribution in [1.82, 2.24) is 0 Å². The molecule has 0 aliphatic rings. The predicted octanol–water partition coefficient (Wildman–Crippen LogP) is 2.85. The summed E-state index contributed by atoms with van der Waals surface area (Å²) < 4.78 is 0. The zero-order valence-electron chi connectivity index (χ0n) is 15.7. The second-order valence-corrected chi connectivity index (χ2v) is 7.16. The molecule has 0 amide bonds. The minimum Gasteiger partial charge on any atom is -0.481 e. The summed E-state index contributed by atoms with van der Waals surface area (Å²) in [6.45, 7) is -0.803. The van der Waals surface area contributed by atoms with Crippen LogP contribution < -0.4 is 5.73 Å². The van der Waals surface area contributed by atoms with Crippen molar-refractivity contribution in [3.8, 4) is 0 Å². The van der Waals surface area contributed by atoms with E-state index in [1.807, 2.05) is 60.7 Å². The number of benzene rings is 2. The van der Waals surface area contributed by atoms with Gasteiger partial charge >= 0.3 is 11.9 Å². The first kappa shape index (κ1) is 21.6. The smallest absolute Gasteiger partial charge is 0.326 e. The molecule has 0 fully saturated rings. The van der Waals surface area contributed by atoms with Gasteiger partial charge in [0, 0.05) is 5.92 Å². The van der Waals surface area contributed by atoms with Crippen molar-refractivity contribution in [2.24, 2.45) is 11.7 Å². The Hall–Kier alpha value is -2.70. The van der Waals surface area contributed by atoms with Crippen LogP contribution in [0.2, 0.25) is 0 Å². The lowest BCUT2D eigenvalue weighted by Gasteiger charge is -2.26. The van der Waals surface area contributed by atoms with Crippen LogP contribution in [-0.2, 0) is 9.59 Å². The van der Waals surface area contributed by atoms with Gasteiger partial charge in [0.15, 0.2) is 0 Å². The van der Waals surface area contributed by atoms with Crippen LogP contribution in [0.5, 0.6) is 0 Å². The molecule has 0 heterocycles. The van der Waals surface area contributed by atoms with E-state index >= 15 is 0 Å². The zero-order valence-corrected chi connectivity index (χ0v) is 15.7. The molecule has 0 saturated carbocycles. The lowest BCUT2D eigenvalue weighted by atomic mass is 9.83. The van der Waals surface area contributed by atoms with E-state index in [-0.39, 0.29) is 18.8 Å². The van der Waals surface area contributed by atoms with Crippen LogP contribution in [0.25, 0.3) is 0 Å². The van der Waals surface area contributed by atoms with Crippen LogP contribution >= 0.6 is 0 Å². The van der Waals surface area contributed by atoms with Crippen LogP contribution in [0.3, 0.4) is 0 Å². The fraction of sp³-hybridized carbons (Fsp3) is 0.364. The Morgan fingerprint density at radius 2 is 1.39 bits per heavy atom. The fourth-order valence-corrected chi connectivity index (χ4v) is 3.44. The van der Waals surface area contributed by atoms with E-state index in [1.54, 1.807) is 0 Å². The number of aliphatic carboxylic acids is 2. The summed E-state index contributed by atoms with van der Waals surface area (Å²) in [5, 5.41) is 28.0. The third kappa shape index (κ3) is 5.65. The molecule has 6 nitrogen and oxygen atoms in total. The quantitative estimate of drug-likeness (QED) is 0.472. The van der Waals surface area contributed by atoms with Crippen molar-refractivity contribution in [2.75, 3.05) is 6.61 Å². The highest BCUT2D eigenvalue weighted by Crippen LogP contribution is 2.31. The highest BCUT2D eigenvalue weighted by molar-refractivity contribution is 5.80. The average Bonchev–Trinajstić information content (AvgIpc) is 2.71. The van der Waals surface area contributed by atoms with E-state index in [9.17, 15) is 24.9 Å². The molecule has 0 aromatic heterocycles. The number of hydrogen-bond donors (Lipinski definition) is 4. The maximum Gasteiger partial charge on any atom is 0.326 e. The van der Waals surface area contributed by atoms with Crippen molar-refractivity contribution < 1.29 is 24.9 Å². The third-order valence-electron chi connectivity index (χ3n) is 5.12. The van der Waals surface area contributed by atoms with Gasteiger partial charge in [0.2, 0.25) is 0 Å². The third-order valence-corrected chi connectivity index (χ3v) is 5.12. The van der Waals surface area contributed by atoms with Gasteiger partial charge in [0.25, 0.3) is 0 Å². The lowest BCUT2D eigenvalue weighted by Crippen LogP contribution is -2.53. The van der Waals surface area contributed by atoms with E-state index in [0.29, 0.717) is 6.42 Å². The SMILES string of the molecule is N[C@@](CO)(C[C@@H](CCCC(c1ccccc1)c1ccccc1)C(=O)O)C(=O)O. The van der Waals surface area contributed by atoms with Crippen molar-refractivity contribution in [3.63, 3.8) is 0 Å². The number of carboxylic acids is 2. The molecule has 0 unspecified atom stereocenters. The Morgan fingerprint density at radius 1 is 0.893 bits per heavy atom. The van der Waals surface area contributed by atoms with Crippen LogP contribution in [0.15, 0.2) is 60.7 Å². The topological polar surface area (TPSA) is 121 Å². The van der Waals surface area contributed by atoms with E-state index < -0.39 is 30.0 Å². The number of nitrogens with two attached hydrogens (primary N) is 1. The molecule has 2 aromatic carbocycles. The number of hydrogen-bond acceptors (Lipinski definition) is 4. The molecule has 0 aliphatic heterocycles. The molecule has 5 N–H and O–H groups in total. The highest BCUT2D eigenvalue weighted by Gasteiger charge is 2.38. The van der Waals surface area contributed by atoms with Gasteiger partial charge in [-0.05, 0) is 30.4 Å². The van der Waals surface area contributed by atoms with Crippen LogP contribution in [0.1, 0.15) is 42.7 Å². The number of carbonyl (C=O) groups is 2. The van der Waals surface area contributed by atoms with E-state index in [4.69, 9.17) is 5.73 Å². The Morgan fingerprint density at radius 3 is 1.79 bits per heavy atom. The van der Waals surface area contributed by atoms with Crippen molar-refractivity contribution >= 4 is 11.9 Å². The summed E-state index contributed by atoms with van der Waals surface area (Å²) in [6, 6.07) is 20.0. The predicted molar refractivity (Wildman–Crippen MR) is 106 cm³/mol. The first-order valence-corrected chi connectivity index (χ1v) is 9.33. The molecule has 0 radical (unpaired) electrons.